The van der Waals surface area contributed by atoms with Gasteiger partial charge in [0.05, 0.1) is 11.7 Å². The van der Waals surface area contributed by atoms with Gasteiger partial charge in [0.1, 0.15) is 0 Å². The highest BCUT2D eigenvalue weighted by molar-refractivity contribution is 8.00. The highest BCUT2D eigenvalue weighted by atomic mass is 32.2. The van der Waals surface area contributed by atoms with Crippen molar-refractivity contribution in [3.63, 3.8) is 0 Å². The second kappa shape index (κ2) is 6.68. The van der Waals surface area contributed by atoms with E-state index < -0.39 is 0 Å². The predicted octanol–water partition coefficient (Wildman–Crippen LogP) is 6.67. The van der Waals surface area contributed by atoms with Crippen LogP contribution in [0.3, 0.4) is 0 Å². The Balaban J connectivity index is 2.47. The van der Waals surface area contributed by atoms with Gasteiger partial charge in [0, 0.05) is 16.1 Å². The summed E-state index contributed by atoms with van der Waals surface area (Å²) in [6, 6.07) is 10.9. The molecule has 0 saturated carbocycles. The molecule has 0 radical (unpaired) electrons. The Labute approximate surface area is 154 Å². The van der Waals surface area contributed by atoms with Crippen LogP contribution in [0.15, 0.2) is 35.2 Å². The number of hydrogen-bond donors (Lipinski definition) is 0. The van der Waals surface area contributed by atoms with E-state index in [9.17, 15) is 0 Å². The third-order valence-corrected chi connectivity index (χ3v) is 7.09. The van der Waals surface area contributed by atoms with Gasteiger partial charge in [0.15, 0.2) is 0 Å². The molecule has 1 fully saturated rings. The van der Waals surface area contributed by atoms with Crippen molar-refractivity contribution in [2.75, 3.05) is 0 Å². The number of rotatable bonds is 2. The van der Waals surface area contributed by atoms with Gasteiger partial charge < -0.3 is 4.74 Å². The lowest BCUT2D eigenvalue weighted by molar-refractivity contribution is -0.210. The molecular weight excluding hydrogens is 312 g/mol. The van der Waals surface area contributed by atoms with Crippen molar-refractivity contribution < 1.29 is 4.74 Å². The van der Waals surface area contributed by atoms with E-state index in [1.807, 2.05) is 11.8 Å². The van der Waals surface area contributed by atoms with Crippen molar-refractivity contribution in [1.29, 1.82) is 0 Å². The molecule has 1 aliphatic heterocycles. The first kappa shape index (κ1) is 19.8. The first-order valence-corrected chi connectivity index (χ1v) is 10.1. The van der Waals surface area contributed by atoms with E-state index in [2.05, 4.69) is 92.6 Å². The van der Waals surface area contributed by atoms with E-state index >= 15 is 0 Å². The molecule has 1 heterocycles. The standard InChI is InChI=1S/C22H36OS/c1-15-18(24-16-13-11-10-12-14-16)17(20(2,3)4)19(21(5,6)7)23-22(15,8)9/h10-15,17-19H,1-9H3/t15-,17?,18-,19?/m0/s1. The Bertz CT molecular complexity index is 535. The van der Waals surface area contributed by atoms with Crippen LogP contribution in [0.1, 0.15) is 62.3 Å². The third kappa shape index (κ3) is 4.19. The van der Waals surface area contributed by atoms with Gasteiger partial charge >= 0.3 is 0 Å². The van der Waals surface area contributed by atoms with Gasteiger partial charge in [-0.15, -0.1) is 11.8 Å². The largest absolute Gasteiger partial charge is 0.371 e. The lowest BCUT2D eigenvalue weighted by atomic mass is 9.63. The van der Waals surface area contributed by atoms with E-state index in [0.717, 1.165) is 0 Å². The highest BCUT2D eigenvalue weighted by Gasteiger charge is 2.54. The zero-order valence-corrected chi connectivity index (χ0v) is 17.8. The SMILES string of the molecule is C[C@H]1[C@H](Sc2ccccc2)C(C(C)(C)C)C(C(C)(C)C)OC1(C)C. The van der Waals surface area contributed by atoms with Crippen molar-refractivity contribution in [3.05, 3.63) is 30.3 Å². The lowest BCUT2D eigenvalue weighted by Gasteiger charge is -2.57. The minimum absolute atomic E-state index is 0.105. The molecule has 2 rings (SSSR count). The Morgan fingerprint density at radius 2 is 1.46 bits per heavy atom. The molecule has 24 heavy (non-hydrogen) atoms. The van der Waals surface area contributed by atoms with Gasteiger partial charge in [0.2, 0.25) is 0 Å². The zero-order chi connectivity index (χ0) is 18.3. The number of benzene rings is 1. The maximum atomic E-state index is 6.74. The molecule has 1 saturated heterocycles. The molecule has 136 valence electrons. The summed E-state index contributed by atoms with van der Waals surface area (Å²) in [5, 5.41) is 0.542. The summed E-state index contributed by atoms with van der Waals surface area (Å²) in [5.41, 5.74) is 0.228. The summed E-state index contributed by atoms with van der Waals surface area (Å²) in [4.78, 5) is 1.37. The second-order valence-corrected chi connectivity index (χ2v) is 11.3. The van der Waals surface area contributed by atoms with Crippen LogP contribution in [-0.2, 0) is 4.74 Å². The monoisotopic (exact) mass is 348 g/mol. The summed E-state index contributed by atoms with van der Waals surface area (Å²) in [6.07, 6.45) is 0.255. The molecule has 0 bridgehead atoms. The van der Waals surface area contributed by atoms with E-state index in [-0.39, 0.29) is 22.5 Å². The van der Waals surface area contributed by atoms with Crippen molar-refractivity contribution in [1.82, 2.24) is 0 Å². The van der Waals surface area contributed by atoms with Gasteiger partial charge in [-0.05, 0) is 42.7 Å². The number of hydrogen-bond acceptors (Lipinski definition) is 2. The summed E-state index contributed by atoms with van der Waals surface area (Å²) in [6.45, 7) is 21.0. The van der Waals surface area contributed by atoms with Crippen LogP contribution in [0, 0.1) is 22.7 Å². The predicted molar refractivity (Wildman–Crippen MR) is 107 cm³/mol. The summed E-state index contributed by atoms with van der Waals surface area (Å²) in [5.74, 6) is 0.997. The smallest absolute Gasteiger partial charge is 0.0674 e. The maximum Gasteiger partial charge on any atom is 0.0674 e. The average Bonchev–Trinajstić information content (AvgIpc) is 2.42. The number of thioether (sulfide) groups is 1. The molecule has 1 aromatic carbocycles. The number of ether oxygens (including phenoxy) is 1. The molecule has 2 heteroatoms. The van der Waals surface area contributed by atoms with Gasteiger partial charge in [-0.25, -0.2) is 0 Å². The Morgan fingerprint density at radius 1 is 0.917 bits per heavy atom. The molecule has 0 aromatic heterocycles. The molecule has 0 aliphatic carbocycles. The molecule has 1 aromatic rings. The Morgan fingerprint density at radius 3 is 1.92 bits per heavy atom. The van der Waals surface area contributed by atoms with Crippen LogP contribution in [0.2, 0.25) is 0 Å². The Hall–Kier alpha value is -0.470. The van der Waals surface area contributed by atoms with Gasteiger partial charge in [-0.2, -0.15) is 0 Å². The fourth-order valence-corrected chi connectivity index (χ4v) is 5.74. The van der Waals surface area contributed by atoms with E-state index in [1.165, 1.54) is 4.90 Å². The Kier molecular flexibility index (Phi) is 5.53. The molecule has 1 aliphatic rings. The zero-order valence-electron chi connectivity index (χ0n) is 17.0. The molecule has 0 spiro atoms. The molecule has 0 amide bonds. The summed E-state index contributed by atoms with van der Waals surface area (Å²) in [7, 11) is 0. The topological polar surface area (TPSA) is 9.23 Å². The van der Waals surface area contributed by atoms with Crippen molar-refractivity contribution in [2.24, 2.45) is 22.7 Å². The van der Waals surface area contributed by atoms with Crippen molar-refractivity contribution in [3.8, 4) is 0 Å². The van der Waals surface area contributed by atoms with Crippen LogP contribution in [0.25, 0.3) is 0 Å². The molecular formula is C22H36OS. The van der Waals surface area contributed by atoms with Gasteiger partial charge in [-0.3, -0.25) is 0 Å². The average molecular weight is 349 g/mol. The minimum Gasteiger partial charge on any atom is -0.371 e. The maximum absolute atomic E-state index is 6.74. The molecule has 2 unspecified atom stereocenters. The first-order valence-electron chi connectivity index (χ1n) is 9.23. The van der Waals surface area contributed by atoms with Gasteiger partial charge in [0.25, 0.3) is 0 Å². The molecule has 1 nitrogen and oxygen atoms in total. The summed E-state index contributed by atoms with van der Waals surface area (Å²) >= 11 is 2.05. The third-order valence-electron chi connectivity index (χ3n) is 5.57. The highest BCUT2D eigenvalue weighted by Crippen LogP contribution is 2.54. The van der Waals surface area contributed by atoms with Crippen molar-refractivity contribution in [2.45, 2.75) is 84.2 Å². The van der Waals surface area contributed by atoms with Crippen LogP contribution in [0.5, 0.6) is 0 Å². The normalized spacial score (nSPS) is 31.0. The van der Waals surface area contributed by atoms with Crippen LogP contribution in [-0.4, -0.2) is 17.0 Å². The molecule has 0 N–H and O–H groups in total. The van der Waals surface area contributed by atoms with E-state index in [1.54, 1.807) is 0 Å². The fraction of sp³-hybridized carbons (Fsp3) is 0.727. The first-order chi connectivity index (χ1) is 10.8. The van der Waals surface area contributed by atoms with Crippen LogP contribution >= 0.6 is 11.8 Å². The quantitative estimate of drug-likeness (QED) is 0.590. The van der Waals surface area contributed by atoms with Gasteiger partial charge in [-0.1, -0.05) is 66.7 Å². The van der Waals surface area contributed by atoms with Crippen LogP contribution in [0.4, 0.5) is 0 Å². The second-order valence-electron chi connectivity index (χ2n) is 10.1. The minimum atomic E-state index is -0.105. The summed E-state index contributed by atoms with van der Waals surface area (Å²) < 4.78 is 6.74. The van der Waals surface area contributed by atoms with Crippen molar-refractivity contribution >= 4 is 11.8 Å². The van der Waals surface area contributed by atoms with E-state index in [4.69, 9.17) is 4.74 Å². The fourth-order valence-electron chi connectivity index (χ4n) is 3.88. The lowest BCUT2D eigenvalue weighted by Crippen LogP contribution is -2.60. The van der Waals surface area contributed by atoms with E-state index in [0.29, 0.717) is 17.1 Å². The molecule has 4 atom stereocenters. The van der Waals surface area contributed by atoms with Crippen LogP contribution < -0.4 is 0 Å².